The fraction of sp³-hybridized carbons (Fsp3) is 0.690. The van der Waals surface area contributed by atoms with Gasteiger partial charge in [0.15, 0.2) is 0 Å². The van der Waals surface area contributed by atoms with Gasteiger partial charge in [-0.2, -0.15) is 0 Å². The summed E-state index contributed by atoms with van der Waals surface area (Å²) < 4.78 is 12.1. The zero-order valence-corrected chi connectivity index (χ0v) is 23.1. The molecular formula is C29H42N4O6. The maximum Gasteiger partial charge on any atom is 0.245 e. The summed E-state index contributed by atoms with van der Waals surface area (Å²) in [5.41, 5.74) is -0.961. The number of aliphatic hydroxyl groups excluding tert-OH is 1. The number of nitrogens with one attached hydrogen (secondary N) is 2. The van der Waals surface area contributed by atoms with E-state index < -0.39 is 35.1 Å². The van der Waals surface area contributed by atoms with Crippen molar-refractivity contribution >= 4 is 17.7 Å². The molecule has 10 heteroatoms. The van der Waals surface area contributed by atoms with Crippen LogP contribution in [0.1, 0.15) is 38.7 Å². The van der Waals surface area contributed by atoms with Gasteiger partial charge in [0.25, 0.3) is 0 Å². The topological polar surface area (TPSA) is 120 Å². The van der Waals surface area contributed by atoms with Crippen LogP contribution in [0.4, 0.5) is 0 Å². The summed E-state index contributed by atoms with van der Waals surface area (Å²) in [6.45, 7) is 8.19. The number of likely N-dealkylation sites (tertiary alicyclic amines) is 1. The maximum atomic E-state index is 14.3. The van der Waals surface area contributed by atoms with E-state index in [4.69, 9.17) is 9.47 Å². The quantitative estimate of drug-likeness (QED) is 0.369. The monoisotopic (exact) mass is 542 g/mol. The molecule has 0 aliphatic carbocycles. The molecule has 0 radical (unpaired) electrons. The summed E-state index contributed by atoms with van der Waals surface area (Å²) in [4.78, 5) is 45.5. The van der Waals surface area contributed by atoms with E-state index in [9.17, 15) is 19.5 Å². The molecule has 0 saturated carbocycles. The number of nitrogens with zero attached hydrogens (tertiary/aromatic N) is 2. The Morgan fingerprint density at radius 1 is 1.10 bits per heavy atom. The van der Waals surface area contributed by atoms with Gasteiger partial charge in [-0.3, -0.25) is 19.3 Å². The number of aliphatic hydroxyl groups is 1. The first-order chi connectivity index (χ1) is 18.8. The van der Waals surface area contributed by atoms with Crippen molar-refractivity contribution in [1.29, 1.82) is 0 Å². The average Bonchev–Trinajstić information content (AvgIpc) is 3.52. The van der Waals surface area contributed by atoms with Crippen molar-refractivity contribution in [1.82, 2.24) is 20.4 Å². The van der Waals surface area contributed by atoms with Crippen molar-refractivity contribution < 1.29 is 29.0 Å². The summed E-state index contributed by atoms with van der Waals surface area (Å²) >= 11 is 0. The highest BCUT2D eigenvalue weighted by atomic mass is 16.5. The number of hydrogen-bond donors (Lipinski definition) is 3. The Hall–Kier alpha value is -2.53. The number of fused-ring (bicyclic) bond motifs is 1. The lowest BCUT2D eigenvalue weighted by Gasteiger charge is -2.37. The van der Waals surface area contributed by atoms with Gasteiger partial charge in [0.1, 0.15) is 11.6 Å². The largest absolute Gasteiger partial charge is 0.394 e. The van der Waals surface area contributed by atoms with Crippen molar-refractivity contribution in [3.05, 3.63) is 35.9 Å². The van der Waals surface area contributed by atoms with Crippen LogP contribution in [0.15, 0.2) is 30.3 Å². The van der Waals surface area contributed by atoms with E-state index in [-0.39, 0.29) is 24.3 Å². The Bertz CT molecular complexity index is 1050. The van der Waals surface area contributed by atoms with Crippen LogP contribution in [0.25, 0.3) is 0 Å². The molecule has 3 N–H and O–H groups in total. The molecule has 39 heavy (non-hydrogen) atoms. The third-order valence-electron chi connectivity index (χ3n) is 9.04. The highest BCUT2D eigenvalue weighted by molar-refractivity contribution is 5.99. The highest BCUT2D eigenvalue weighted by Crippen LogP contribution is 2.63. The molecule has 3 amide bonds. The summed E-state index contributed by atoms with van der Waals surface area (Å²) in [7, 11) is 0. The molecule has 0 aromatic heterocycles. The number of carbonyl (C=O) groups excluding carboxylic acids is 3. The lowest BCUT2D eigenvalue weighted by atomic mass is 9.66. The number of benzene rings is 1. The first-order valence-electron chi connectivity index (χ1n) is 14.4. The van der Waals surface area contributed by atoms with Crippen molar-refractivity contribution in [3.63, 3.8) is 0 Å². The Kier molecular flexibility index (Phi) is 8.28. The van der Waals surface area contributed by atoms with Crippen LogP contribution in [-0.2, 0) is 30.3 Å². The summed E-state index contributed by atoms with van der Waals surface area (Å²) in [6.07, 6.45) is 2.28. The number of rotatable bonds is 11. The Morgan fingerprint density at radius 3 is 2.51 bits per heavy atom. The molecule has 4 aliphatic heterocycles. The van der Waals surface area contributed by atoms with Crippen LogP contribution < -0.4 is 10.6 Å². The second-order valence-electron chi connectivity index (χ2n) is 11.5. The van der Waals surface area contributed by atoms with Gasteiger partial charge in [-0.1, -0.05) is 37.3 Å². The molecular weight excluding hydrogens is 500 g/mol. The minimum Gasteiger partial charge on any atom is -0.394 e. The van der Waals surface area contributed by atoms with Crippen LogP contribution in [0.2, 0.25) is 0 Å². The standard InChI is InChI=1S/C29H42N4O6/c1-3-11-30-25(35)22-23-27(37)33(21(19-34)18-20-7-5-4-6-8-20)24(29(23)10-9-28(22,2)39-29)26(36)31-12-13-32-14-16-38-17-15-32/h4-8,21-24,34H,3,9-19H2,1-2H3,(H,30,35)(H,31,36)/t21-,22-,23+,24?,28+,29?/m1/s1. The normalized spacial score (nSPS) is 32.7. The molecule has 2 bridgehead atoms. The minimum atomic E-state index is -1.10. The van der Waals surface area contributed by atoms with Gasteiger partial charge >= 0.3 is 0 Å². The Morgan fingerprint density at radius 2 is 1.82 bits per heavy atom. The third kappa shape index (κ3) is 5.08. The molecule has 4 saturated heterocycles. The van der Waals surface area contributed by atoms with E-state index in [1.807, 2.05) is 44.2 Å². The van der Waals surface area contributed by atoms with Crippen LogP contribution >= 0.6 is 0 Å². The van der Waals surface area contributed by atoms with Gasteiger partial charge in [0.05, 0.1) is 43.3 Å². The average molecular weight is 543 g/mol. The van der Waals surface area contributed by atoms with Gasteiger partial charge in [-0.05, 0) is 38.2 Å². The molecule has 2 unspecified atom stereocenters. The Balaban J connectivity index is 1.44. The summed E-state index contributed by atoms with van der Waals surface area (Å²) in [5.74, 6) is -2.22. The number of amides is 3. The predicted molar refractivity (Wildman–Crippen MR) is 144 cm³/mol. The number of hydrogen-bond acceptors (Lipinski definition) is 7. The number of morpholine rings is 1. The molecule has 10 nitrogen and oxygen atoms in total. The molecule has 4 aliphatic rings. The van der Waals surface area contributed by atoms with E-state index in [1.165, 1.54) is 0 Å². The van der Waals surface area contributed by atoms with Crippen molar-refractivity contribution in [2.45, 2.75) is 62.8 Å². The van der Waals surface area contributed by atoms with Crippen LogP contribution in [0.5, 0.6) is 0 Å². The van der Waals surface area contributed by atoms with Gasteiger partial charge in [0, 0.05) is 32.7 Å². The van der Waals surface area contributed by atoms with Gasteiger partial charge in [-0.15, -0.1) is 0 Å². The highest BCUT2D eigenvalue weighted by Gasteiger charge is 2.78. The van der Waals surface area contributed by atoms with Crippen molar-refractivity contribution in [2.24, 2.45) is 11.8 Å². The number of ether oxygens (including phenoxy) is 2. The van der Waals surface area contributed by atoms with E-state index in [0.717, 1.165) is 25.1 Å². The second-order valence-corrected chi connectivity index (χ2v) is 11.5. The van der Waals surface area contributed by atoms with E-state index in [0.29, 0.717) is 52.1 Å². The SMILES string of the molecule is CCCNC(=O)[C@H]1[C@H]2C(=O)N([C@@H](CO)Cc3ccccc3)C(C(=O)NCCN3CCOCC3)C23CC[C@]1(C)O3. The predicted octanol–water partition coefficient (Wildman–Crippen LogP) is 0.329. The number of carbonyl (C=O) groups is 3. The fourth-order valence-electron chi connectivity index (χ4n) is 7.21. The third-order valence-corrected chi connectivity index (χ3v) is 9.04. The molecule has 6 atom stereocenters. The van der Waals surface area contributed by atoms with E-state index in [2.05, 4.69) is 15.5 Å². The molecule has 4 heterocycles. The summed E-state index contributed by atoms with van der Waals surface area (Å²) in [6, 6.07) is 8.10. The van der Waals surface area contributed by atoms with Gasteiger partial charge < -0.3 is 30.1 Å². The van der Waals surface area contributed by atoms with E-state index >= 15 is 0 Å². The first kappa shape index (κ1) is 28.0. The fourth-order valence-corrected chi connectivity index (χ4v) is 7.21. The zero-order valence-electron chi connectivity index (χ0n) is 23.1. The lowest BCUT2D eigenvalue weighted by molar-refractivity contribution is -0.149. The van der Waals surface area contributed by atoms with Crippen molar-refractivity contribution in [3.8, 4) is 0 Å². The smallest absolute Gasteiger partial charge is 0.245 e. The van der Waals surface area contributed by atoms with Gasteiger partial charge in [-0.25, -0.2) is 0 Å². The molecule has 214 valence electrons. The lowest BCUT2D eigenvalue weighted by Crippen LogP contribution is -2.59. The van der Waals surface area contributed by atoms with E-state index in [1.54, 1.807) is 4.90 Å². The molecule has 4 fully saturated rings. The maximum absolute atomic E-state index is 14.3. The second kappa shape index (κ2) is 11.5. The van der Waals surface area contributed by atoms with Gasteiger partial charge in [0.2, 0.25) is 17.7 Å². The Labute approximate surface area is 230 Å². The summed E-state index contributed by atoms with van der Waals surface area (Å²) in [5, 5.41) is 16.6. The minimum absolute atomic E-state index is 0.198. The zero-order chi connectivity index (χ0) is 27.6. The molecule has 1 aromatic rings. The molecule has 1 aromatic carbocycles. The van der Waals surface area contributed by atoms with Crippen LogP contribution in [0, 0.1) is 11.8 Å². The first-order valence-corrected chi connectivity index (χ1v) is 14.4. The van der Waals surface area contributed by atoms with Crippen molar-refractivity contribution in [2.75, 3.05) is 52.5 Å². The molecule has 1 spiro atoms. The van der Waals surface area contributed by atoms with Crippen LogP contribution in [0.3, 0.4) is 0 Å². The van der Waals surface area contributed by atoms with Crippen LogP contribution in [-0.4, -0.2) is 108 Å². The molecule has 5 rings (SSSR count).